The van der Waals surface area contributed by atoms with Crippen molar-refractivity contribution in [2.75, 3.05) is 26.3 Å². The maximum atomic E-state index is 13.1. The lowest BCUT2D eigenvalue weighted by molar-refractivity contribution is -0.127. The van der Waals surface area contributed by atoms with Gasteiger partial charge >= 0.3 is 0 Å². The maximum Gasteiger partial charge on any atom is 0.253 e. The van der Waals surface area contributed by atoms with Gasteiger partial charge < -0.3 is 15.0 Å². The number of carbonyl (C=O) groups excluding carboxylic acids is 2. The second kappa shape index (κ2) is 10.3. The summed E-state index contributed by atoms with van der Waals surface area (Å²) in [5.74, 6) is 1.50. The minimum atomic E-state index is -0.0531. The molecule has 2 heterocycles. The van der Waals surface area contributed by atoms with E-state index in [0.29, 0.717) is 31.5 Å². The highest BCUT2D eigenvalue weighted by molar-refractivity contribution is 7.98. The Morgan fingerprint density at radius 2 is 1.87 bits per heavy atom. The van der Waals surface area contributed by atoms with Crippen LogP contribution < -0.4 is 5.32 Å². The van der Waals surface area contributed by atoms with Gasteiger partial charge in [0.15, 0.2) is 0 Å². The number of piperidine rings is 1. The van der Waals surface area contributed by atoms with Crippen LogP contribution in [0.2, 0.25) is 0 Å². The van der Waals surface area contributed by atoms with E-state index in [9.17, 15) is 9.59 Å². The van der Waals surface area contributed by atoms with E-state index in [2.05, 4.69) is 10.3 Å². The molecular weight excluding hydrogens is 410 g/mol. The zero-order valence-corrected chi connectivity index (χ0v) is 18.6. The first kappa shape index (κ1) is 21.8. The van der Waals surface area contributed by atoms with E-state index in [0.717, 1.165) is 29.2 Å². The fourth-order valence-corrected chi connectivity index (χ4v) is 5.38. The van der Waals surface area contributed by atoms with E-state index in [1.807, 2.05) is 54.3 Å². The van der Waals surface area contributed by atoms with Gasteiger partial charge in [-0.05, 0) is 61.4 Å². The van der Waals surface area contributed by atoms with E-state index < -0.39 is 0 Å². The molecule has 0 radical (unpaired) electrons. The summed E-state index contributed by atoms with van der Waals surface area (Å²) >= 11 is 1.68. The molecule has 7 heteroatoms. The molecule has 1 aliphatic heterocycles. The van der Waals surface area contributed by atoms with Gasteiger partial charge in [0.05, 0.1) is 5.03 Å². The highest BCUT2D eigenvalue weighted by atomic mass is 32.2. The number of hydrogen-bond acceptors (Lipinski definition) is 5. The second-order valence-corrected chi connectivity index (χ2v) is 9.19. The van der Waals surface area contributed by atoms with Crippen LogP contribution in [-0.2, 0) is 15.3 Å². The molecule has 2 fully saturated rings. The third kappa shape index (κ3) is 5.46. The van der Waals surface area contributed by atoms with Crippen molar-refractivity contribution in [3.63, 3.8) is 0 Å². The van der Waals surface area contributed by atoms with Crippen molar-refractivity contribution in [1.82, 2.24) is 15.2 Å². The molecule has 1 aliphatic carbocycles. The minimum Gasteiger partial charge on any atom is -0.372 e. The Morgan fingerprint density at radius 3 is 2.52 bits per heavy atom. The lowest BCUT2D eigenvalue weighted by atomic mass is 9.91. The number of amides is 2. The topological polar surface area (TPSA) is 71.5 Å². The third-order valence-electron chi connectivity index (χ3n) is 6.11. The van der Waals surface area contributed by atoms with Crippen LogP contribution in [0.25, 0.3) is 0 Å². The summed E-state index contributed by atoms with van der Waals surface area (Å²) in [6.07, 6.45) is 3.90. The van der Waals surface area contributed by atoms with Crippen LogP contribution in [0.5, 0.6) is 0 Å². The average Bonchev–Trinajstić information content (AvgIpc) is 3.03. The van der Waals surface area contributed by atoms with Crippen molar-refractivity contribution in [3.8, 4) is 0 Å². The largest absolute Gasteiger partial charge is 0.372 e. The molecule has 164 valence electrons. The van der Waals surface area contributed by atoms with Gasteiger partial charge in [-0.3, -0.25) is 9.59 Å². The van der Waals surface area contributed by atoms with Crippen molar-refractivity contribution in [1.29, 1.82) is 0 Å². The molecule has 0 spiro atoms. The molecule has 31 heavy (non-hydrogen) atoms. The number of nitrogens with one attached hydrogen (secondary N) is 1. The molecule has 2 bridgehead atoms. The molecule has 1 aromatic carbocycles. The van der Waals surface area contributed by atoms with E-state index in [1.165, 1.54) is 5.56 Å². The zero-order chi connectivity index (χ0) is 21.6. The number of ether oxygens (including phenoxy) is 1. The lowest BCUT2D eigenvalue weighted by Crippen LogP contribution is -2.54. The number of carbonyl (C=O) groups is 2. The van der Waals surface area contributed by atoms with Gasteiger partial charge in [0.1, 0.15) is 6.61 Å². The van der Waals surface area contributed by atoms with E-state index >= 15 is 0 Å². The number of pyridine rings is 1. The number of hydrogen-bond donors (Lipinski definition) is 1. The van der Waals surface area contributed by atoms with Crippen LogP contribution in [0.1, 0.15) is 35.7 Å². The average molecular weight is 440 g/mol. The maximum absolute atomic E-state index is 13.1. The molecule has 1 unspecified atom stereocenters. The van der Waals surface area contributed by atoms with Crippen LogP contribution in [0.4, 0.5) is 0 Å². The Balaban J connectivity index is 1.31. The predicted octanol–water partition coefficient (Wildman–Crippen LogP) is 3.38. The molecule has 1 saturated carbocycles. The third-order valence-corrected chi connectivity index (χ3v) is 7.13. The Morgan fingerprint density at radius 1 is 1.13 bits per heavy atom. The summed E-state index contributed by atoms with van der Waals surface area (Å²) < 4.78 is 5.22. The van der Waals surface area contributed by atoms with Crippen molar-refractivity contribution >= 4 is 23.6 Å². The molecule has 3 atom stereocenters. The fraction of sp³-hybridized carbons (Fsp3) is 0.458. The SMILES string of the molecule is CCOCC(=O)NC1[C@@H]2CC[C@H]1CN(C(=O)c1ccc(CSc3ccccn3)cc1)C2. The standard InChI is InChI=1S/C24H29N3O3S/c1-2-30-15-21(28)26-23-19-10-11-20(23)14-27(13-19)24(29)18-8-6-17(7-9-18)16-31-22-5-3-4-12-25-22/h3-9,12,19-20,23H,2,10-11,13-16H2,1H3,(H,26,28)/t19-,20+,23?. The monoisotopic (exact) mass is 439 g/mol. The highest BCUT2D eigenvalue weighted by Gasteiger charge is 2.44. The normalized spacial score (nSPS) is 22.4. The molecule has 2 aromatic rings. The Labute approximate surface area is 187 Å². The molecular formula is C24H29N3O3S. The fourth-order valence-electron chi connectivity index (χ4n) is 4.56. The smallest absolute Gasteiger partial charge is 0.253 e. The molecule has 2 amide bonds. The van der Waals surface area contributed by atoms with Crippen molar-refractivity contribution < 1.29 is 14.3 Å². The second-order valence-electron chi connectivity index (χ2n) is 8.19. The molecule has 2 aliphatic rings. The predicted molar refractivity (Wildman–Crippen MR) is 121 cm³/mol. The number of likely N-dealkylation sites (tertiary alicyclic amines) is 1. The number of benzene rings is 1. The van der Waals surface area contributed by atoms with Crippen molar-refractivity contribution in [2.24, 2.45) is 11.8 Å². The molecule has 1 saturated heterocycles. The number of rotatable bonds is 8. The number of thioether (sulfide) groups is 1. The van der Waals surface area contributed by atoms with E-state index in [4.69, 9.17) is 4.74 Å². The quantitative estimate of drug-likeness (QED) is 0.639. The van der Waals surface area contributed by atoms with Gasteiger partial charge in [0.2, 0.25) is 5.91 Å². The van der Waals surface area contributed by atoms with E-state index in [1.54, 1.807) is 18.0 Å². The summed E-state index contributed by atoms with van der Waals surface area (Å²) in [6.45, 7) is 3.93. The molecule has 4 rings (SSSR count). The van der Waals surface area contributed by atoms with Crippen molar-refractivity contribution in [3.05, 3.63) is 59.8 Å². The summed E-state index contributed by atoms with van der Waals surface area (Å²) in [5.41, 5.74) is 1.90. The first-order chi connectivity index (χ1) is 15.1. The first-order valence-corrected chi connectivity index (χ1v) is 11.9. The van der Waals surface area contributed by atoms with Crippen molar-refractivity contribution in [2.45, 2.75) is 36.6 Å². The molecule has 1 N–H and O–H groups in total. The number of fused-ring (bicyclic) bond motifs is 2. The first-order valence-electron chi connectivity index (χ1n) is 10.9. The summed E-state index contributed by atoms with van der Waals surface area (Å²) in [6, 6.07) is 14.0. The summed E-state index contributed by atoms with van der Waals surface area (Å²) in [4.78, 5) is 31.5. The minimum absolute atomic E-state index is 0.0531. The van der Waals surface area contributed by atoms with Gasteiger partial charge in [-0.15, -0.1) is 11.8 Å². The van der Waals surface area contributed by atoms with Gasteiger partial charge in [-0.1, -0.05) is 18.2 Å². The molecule has 1 aromatic heterocycles. The van der Waals surface area contributed by atoms with Crippen LogP contribution in [0.15, 0.2) is 53.7 Å². The Kier molecular flexibility index (Phi) is 7.25. The van der Waals surface area contributed by atoms with Gasteiger partial charge in [0, 0.05) is 43.3 Å². The highest BCUT2D eigenvalue weighted by Crippen LogP contribution is 2.37. The van der Waals surface area contributed by atoms with Gasteiger partial charge in [-0.2, -0.15) is 0 Å². The number of aromatic nitrogens is 1. The van der Waals surface area contributed by atoms with Crippen LogP contribution in [-0.4, -0.2) is 54.0 Å². The lowest BCUT2D eigenvalue weighted by Gasteiger charge is -2.38. The summed E-state index contributed by atoms with van der Waals surface area (Å²) in [7, 11) is 0. The van der Waals surface area contributed by atoms with Gasteiger partial charge in [-0.25, -0.2) is 4.98 Å². The van der Waals surface area contributed by atoms with E-state index in [-0.39, 0.29) is 24.5 Å². The Bertz CT molecular complexity index is 877. The number of nitrogens with zero attached hydrogens (tertiary/aromatic N) is 2. The molecule has 6 nitrogen and oxygen atoms in total. The van der Waals surface area contributed by atoms with Crippen LogP contribution >= 0.6 is 11.8 Å². The zero-order valence-electron chi connectivity index (χ0n) is 17.8. The van der Waals surface area contributed by atoms with Gasteiger partial charge in [0.25, 0.3) is 5.91 Å². The Hall–Kier alpha value is -2.38. The van der Waals surface area contributed by atoms with Crippen LogP contribution in [0, 0.1) is 11.8 Å². The summed E-state index contributed by atoms with van der Waals surface area (Å²) in [5, 5.41) is 4.14. The van der Waals surface area contributed by atoms with Crippen LogP contribution in [0.3, 0.4) is 0 Å².